The van der Waals surface area contributed by atoms with Crippen LogP contribution in [0.25, 0.3) is 10.8 Å². The van der Waals surface area contributed by atoms with Crippen molar-refractivity contribution in [1.29, 1.82) is 5.26 Å². The number of benzene rings is 1. The molecule has 2 aliphatic rings. The summed E-state index contributed by atoms with van der Waals surface area (Å²) in [6, 6.07) is 5.30. The highest BCUT2D eigenvalue weighted by atomic mass is 16.7. The maximum Gasteiger partial charge on any atom is 0.252 e. The second kappa shape index (κ2) is 11.9. The van der Waals surface area contributed by atoms with Crippen molar-refractivity contribution in [3.8, 4) is 29.5 Å². The van der Waals surface area contributed by atoms with Gasteiger partial charge in [0.05, 0.1) is 29.8 Å². The average Bonchev–Trinajstić information content (AvgIpc) is 2.89. The van der Waals surface area contributed by atoms with Crippen LogP contribution in [0.5, 0.6) is 11.6 Å². The number of amides is 2. The molecule has 2 aromatic rings. The highest BCUT2D eigenvalue weighted by Gasteiger charge is 2.44. The third-order valence-electron chi connectivity index (χ3n) is 7.09. The number of carbonyl (C=O) groups is 2. The van der Waals surface area contributed by atoms with Gasteiger partial charge in [0.2, 0.25) is 11.8 Å². The summed E-state index contributed by atoms with van der Waals surface area (Å²) in [4.78, 5) is 30.9. The number of aromatic nitrogens is 1. The first kappa shape index (κ1) is 28.2. The molecule has 1 atom stereocenters. The summed E-state index contributed by atoms with van der Waals surface area (Å²) in [7, 11) is 3.24. The summed E-state index contributed by atoms with van der Waals surface area (Å²) in [6.07, 6.45) is 3.76. The summed E-state index contributed by atoms with van der Waals surface area (Å²) < 4.78 is 23.2. The number of hydrogen-bond donors (Lipinski definition) is 1. The molecule has 1 saturated heterocycles. The number of nitriles is 1. The second-order valence-corrected chi connectivity index (χ2v) is 10.2. The fourth-order valence-electron chi connectivity index (χ4n) is 4.97. The summed E-state index contributed by atoms with van der Waals surface area (Å²) in [5.74, 6) is 5.83. The van der Waals surface area contributed by atoms with Crippen LogP contribution in [0, 0.1) is 29.1 Å². The minimum atomic E-state index is -0.617. The zero-order valence-corrected chi connectivity index (χ0v) is 22.8. The quantitative estimate of drug-likeness (QED) is 0.403. The summed E-state index contributed by atoms with van der Waals surface area (Å²) in [5, 5.41) is 10.2. The van der Waals surface area contributed by atoms with E-state index in [2.05, 4.69) is 16.8 Å². The molecule has 0 unspecified atom stereocenters. The van der Waals surface area contributed by atoms with Crippen LogP contribution >= 0.6 is 0 Å². The van der Waals surface area contributed by atoms with Crippen molar-refractivity contribution in [2.45, 2.75) is 63.9 Å². The normalized spacial score (nSPS) is 18.6. The molecular formula is C29H34N4O6. The molecule has 10 nitrogen and oxygen atoms in total. The Labute approximate surface area is 228 Å². The molecule has 1 aromatic carbocycles. The monoisotopic (exact) mass is 534 g/mol. The van der Waals surface area contributed by atoms with Gasteiger partial charge in [-0.3, -0.25) is 9.59 Å². The lowest BCUT2D eigenvalue weighted by Crippen LogP contribution is -2.46. The third kappa shape index (κ3) is 6.25. The Hall–Kier alpha value is -3.86. The lowest BCUT2D eigenvalue weighted by Gasteiger charge is -2.42. The van der Waals surface area contributed by atoms with Crippen molar-refractivity contribution in [3.05, 3.63) is 29.5 Å². The number of pyridine rings is 1. The number of hydrogen-bond acceptors (Lipinski definition) is 8. The molecule has 2 fully saturated rings. The van der Waals surface area contributed by atoms with Gasteiger partial charge in [-0.25, -0.2) is 4.98 Å². The SMILES string of the molecule is COC1(OC)CC(C#Cc2cnc(O[C@@H]3CCCN(C(=O)CC#N)C3)c3cc(OC(C)C)c(C(N)=O)cc23)C1. The van der Waals surface area contributed by atoms with E-state index in [-0.39, 0.29) is 36.0 Å². The maximum absolute atomic E-state index is 12.3. The Morgan fingerprint density at radius 1 is 1.23 bits per heavy atom. The number of piperidine rings is 1. The van der Waals surface area contributed by atoms with E-state index in [1.54, 1.807) is 37.4 Å². The van der Waals surface area contributed by atoms with Crippen LogP contribution in [0.1, 0.15) is 61.9 Å². The van der Waals surface area contributed by atoms with Crippen LogP contribution in [0.15, 0.2) is 18.3 Å². The first-order valence-electron chi connectivity index (χ1n) is 13.0. The van der Waals surface area contributed by atoms with Gasteiger partial charge in [-0.1, -0.05) is 11.8 Å². The van der Waals surface area contributed by atoms with Gasteiger partial charge in [-0.15, -0.1) is 0 Å². The van der Waals surface area contributed by atoms with Gasteiger partial charge in [-0.05, 0) is 38.8 Å². The molecule has 2 N–H and O–H groups in total. The number of fused-ring (bicyclic) bond motifs is 1. The van der Waals surface area contributed by atoms with E-state index in [0.717, 1.165) is 12.8 Å². The van der Waals surface area contributed by atoms with Crippen LogP contribution in [0.3, 0.4) is 0 Å². The molecule has 4 rings (SSSR count). The van der Waals surface area contributed by atoms with E-state index in [1.807, 2.05) is 19.9 Å². The largest absolute Gasteiger partial charge is 0.490 e. The van der Waals surface area contributed by atoms with Gasteiger partial charge in [0, 0.05) is 56.5 Å². The summed E-state index contributed by atoms with van der Waals surface area (Å²) >= 11 is 0. The Morgan fingerprint density at radius 3 is 2.62 bits per heavy atom. The Morgan fingerprint density at radius 2 is 1.97 bits per heavy atom. The number of likely N-dealkylation sites (tertiary alicyclic amines) is 1. The number of nitrogens with two attached hydrogens (primary N) is 1. The number of primary amides is 1. The van der Waals surface area contributed by atoms with Crippen molar-refractivity contribution in [2.75, 3.05) is 27.3 Å². The van der Waals surface area contributed by atoms with Crippen LogP contribution in [0.2, 0.25) is 0 Å². The van der Waals surface area contributed by atoms with E-state index in [9.17, 15) is 9.59 Å². The predicted molar refractivity (Wildman–Crippen MR) is 143 cm³/mol. The first-order chi connectivity index (χ1) is 18.7. The molecule has 0 bridgehead atoms. The Kier molecular flexibility index (Phi) is 8.59. The zero-order valence-electron chi connectivity index (χ0n) is 22.8. The molecule has 2 heterocycles. The molecule has 10 heteroatoms. The van der Waals surface area contributed by atoms with Crippen molar-refractivity contribution in [2.24, 2.45) is 11.7 Å². The van der Waals surface area contributed by atoms with Crippen molar-refractivity contribution < 1.29 is 28.5 Å². The van der Waals surface area contributed by atoms with Gasteiger partial charge in [-0.2, -0.15) is 5.26 Å². The number of rotatable bonds is 8. The van der Waals surface area contributed by atoms with E-state index in [0.29, 0.717) is 53.9 Å². The minimum absolute atomic E-state index is 0.0919. The fourth-order valence-corrected chi connectivity index (χ4v) is 4.97. The van der Waals surface area contributed by atoms with E-state index in [4.69, 9.17) is 29.9 Å². The molecule has 0 spiro atoms. The molecule has 206 valence electrons. The molecule has 0 radical (unpaired) electrons. The number of nitrogens with zero attached hydrogens (tertiary/aromatic N) is 3. The number of ether oxygens (including phenoxy) is 4. The molecule has 1 aromatic heterocycles. The molecule has 1 aliphatic carbocycles. The first-order valence-corrected chi connectivity index (χ1v) is 13.0. The summed E-state index contributed by atoms with van der Waals surface area (Å²) in [5.41, 5.74) is 6.57. The minimum Gasteiger partial charge on any atom is -0.490 e. The van der Waals surface area contributed by atoms with Crippen LogP contribution in [-0.4, -0.2) is 67.0 Å². The highest BCUT2D eigenvalue weighted by molar-refractivity contribution is 6.03. The zero-order chi connectivity index (χ0) is 28.2. The molecule has 39 heavy (non-hydrogen) atoms. The van der Waals surface area contributed by atoms with Gasteiger partial charge >= 0.3 is 0 Å². The van der Waals surface area contributed by atoms with Crippen molar-refractivity contribution >= 4 is 22.6 Å². The van der Waals surface area contributed by atoms with Crippen LogP contribution in [-0.2, 0) is 14.3 Å². The van der Waals surface area contributed by atoms with Gasteiger partial charge in [0.25, 0.3) is 5.91 Å². The molecule has 1 saturated carbocycles. The standard InChI is InChI=1S/C29H34N4O6/c1-18(2)38-25-13-23-22(12-24(25)27(31)35)20(8-7-19-14-29(15-19,36-3)37-4)16-32-28(23)39-21-6-5-11-33(17-21)26(34)9-10-30/h12-13,16,18-19,21H,5-6,9,11,14-15,17H2,1-4H3,(H2,31,35)/t21-/m1/s1. The molecule has 2 amide bonds. The van der Waals surface area contributed by atoms with E-state index in [1.165, 1.54) is 0 Å². The lowest BCUT2D eigenvalue weighted by molar-refractivity contribution is -0.261. The topological polar surface area (TPSA) is 137 Å². The summed E-state index contributed by atoms with van der Waals surface area (Å²) in [6.45, 7) is 4.68. The average molecular weight is 535 g/mol. The van der Waals surface area contributed by atoms with Gasteiger partial charge < -0.3 is 29.6 Å². The number of methoxy groups -OCH3 is 2. The van der Waals surface area contributed by atoms with Gasteiger partial charge in [0.15, 0.2) is 5.79 Å². The molecular weight excluding hydrogens is 500 g/mol. The van der Waals surface area contributed by atoms with E-state index >= 15 is 0 Å². The van der Waals surface area contributed by atoms with Crippen molar-refractivity contribution in [3.63, 3.8) is 0 Å². The van der Waals surface area contributed by atoms with E-state index < -0.39 is 11.7 Å². The Balaban J connectivity index is 1.71. The van der Waals surface area contributed by atoms with Crippen LogP contribution in [0.4, 0.5) is 0 Å². The number of carbonyl (C=O) groups excluding carboxylic acids is 2. The molecule has 1 aliphatic heterocycles. The van der Waals surface area contributed by atoms with Crippen LogP contribution < -0.4 is 15.2 Å². The highest BCUT2D eigenvalue weighted by Crippen LogP contribution is 2.41. The fraction of sp³-hybridized carbons (Fsp3) is 0.517. The third-order valence-corrected chi connectivity index (χ3v) is 7.09. The second-order valence-electron chi connectivity index (χ2n) is 10.2. The van der Waals surface area contributed by atoms with Gasteiger partial charge in [0.1, 0.15) is 18.3 Å². The predicted octanol–water partition coefficient (Wildman–Crippen LogP) is 3.15. The van der Waals surface area contributed by atoms with Crippen molar-refractivity contribution in [1.82, 2.24) is 9.88 Å². The lowest BCUT2D eigenvalue weighted by atomic mass is 9.79. The smallest absolute Gasteiger partial charge is 0.252 e. The Bertz CT molecular complexity index is 1340. The maximum atomic E-state index is 12.3.